The van der Waals surface area contributed by atoms with Crippen molar-refractivity contribution < 1.29 is 12.8 Å². The van der Waals surface area contributed by atoms with Crippen molar-refractivity contribution in [2.24, 2.45) is 0 Å². The summed E-state index contributed by atoms with van der Waals surface area (Å²) >= 11 is -1.09. The molecule has 0 saturated heterocycles. The first-order valence-corrected chi connectivity index (χ1v) is 7.81. The first-order chi connectivity index (χ1) is 6.21. The maximum atomic E-state index is 2.45. The first kappa shape index (κ1) is 9.05. The van der Waals surface area contributed by atoms with Gasteiger partial charge >= 0.3 is 82.7 Å². The fraction of sp³-hybridized carbons (Fsp3) is 0.333. The minimum absolute atomic E-state index is 1.09. The molecule has 72 valence electrons. The summed E-state index contributed by atoms with van der Waals surface area (Å²) in [6, 6.07) is 0. The zero-order valence-electron chi connectivity index (χ0n) is 8.23. The second-order valence-electron chi connectivity index (χ2n) is 3.61. The van der Waals surface area contributed by atoms with Gasteiger partial charge in [-0.05, 0) is 0 Å². The standard InChI is InChI=1S/2C5H5.2CH3.Fe/c2*1-2-4-5-3-1;;;/h2*1-3H,4H2;2*1H3;. The molecule has 0 N–H and O–H groups in total. The van der Waals surface area contributed by atoms with Crippen molar-refractivity contribution in [2.75, 3.05) is 0 Å². The summed E-state index contributed by atoms with van der Waals surface area (Å²) in [4.78, 5) is 0. The molecule has 0 amide bonds. The van der Waals surface area contributed by atoms with Crippen LogP contribution in [0, 0.1) is 0 Å². The van der Waals surface area contributed by atoms with E-state index >= 15 is 0 Å². The molecule has 0 aromatic rings. The molecule has 0 saturated carbocycles. The molecule has 0 spiro atoms. The Bertz CT molecular complexity index is 295. The summed E-state index contributed by atoms with van der Waals surface area (Å²) in [7, 11) is 0. The van der Waals surface area contributed by atoms with E-state index in [1.807, 2.05) is 0 Å². The van der Waals surface area contributed by atoms with Gasteiger partial charge in [0.15, 0.2) is 0 Å². The molecule has 0 heterocycles. The first-order valence-electron chi connectivity index (χ1n) is 4.49. The molecule has 0 bridgehead atoms. The molecule has 0 fully saturated rings. The van der Waals surface area contributed by atoms with E-state index in [0.717, 1.165) is 0 Å². The van der Waals surface area contributed by atoms with Crippen LogP contribution in [0.25, 0.3) is 0 Å². The van der Waals surface area contributed by atoms with Crippen LogP contribution < -0.4 is 0 Å². The molecular formula is C12H16Fe. The van der Waals surface area contributed by atoms with Crippen LogP contribution in [0.2, 0.25) is 11.6 Å². The van der Waals surface area contributed by atoms with E-state index in [9.17, 15) is 0 Å². The van der Waals surface area contributed by atoms with E-state index in [0.29, 0.717) is 0 Å². The molecule has 2 aliphatic carbocycles. The number of hydrogen-bond donors (Lipinski definition) is 0. The topological polar surface area (TPSA) is 0 Å². The zero-order valence-corrected chi connectivity index (χ0v) is 9.34. The summed E-state index contributed by atoms with van der Waals surface area (Å²) in [5, 5.41) is 0. The predicted molar refractivity (Wildman–Crippen MR) is 55.4 cm³/mol. The summed E-state index contributed by atoms with van der Waals surface area (Å²) in [6.45, 7) is 0. The van der Waals surface area contributed by atoms with Gasteiger partial charge in [0.05, 0.1) is 0 Å². The molecule has 0 radical (unpaired) electrons. The second-order valence-corrected chi connectivity index (χ2v) is 8.62. The van der Waals surface area contributed by atoms with Crippen molar-refractivity contribution in [1.82, 2.24) is 0 Å². The summed E-state index contributed by atoms with van der Waals surface area (Å²) < 4.78 is 3.34. The summed E-state index contributed by atoms with van der Waals surface area (Å²) in [5.41, 5.74) is 0. The molecular weight excluding hydrogens is 200 g/mol. The number of allylic oxidation sites excluding steroid dienone is 8. The normalized spacial score (nSPS) is 22.0. The predicted octanol–water partition coefficient (Wildman–Crippen LogP) is 3.92. The van der Waals surface area contributed by atoms with Gasteiger partial charge in [-0.2, -0.15) is 0 Å². The van der Waals surface area contributed by atoms with Gasteiger partial charge in [-0.3, -0.25) is 0 Å². The van der Waals surface area contributed by atoms with Crippen LogP contribution in [0.4, 0.5) is 0 Å². The van der Waals surface area contributed by atoms with E-state index < -0.39 is 12.8 Å². The molecule has 0 unspecified atom stereocenters. The van der Waals surface area contributed by atoms with Crippen LogP contribution in [0.1, 0.15) is 12.8 Å². The Hall–Kier alpha value is -0.521. The zero-order chi connectivity index (χ0) is 9.31. The molecule has 0 aliphatic heterocycles. The van der Waals surface area contributed by atoms with Crippen molar-refractivity contribution in [1.29, 1.82) is 0 Å². The van der Waals surface area contributed by atoms with Crippen molar-refractivity contribution >= 4 is 0 Å². The Balaban J connectivity index is 2.20. The van der Waals surface area contributed by atoms with Gasteiger partial charge in [-0.25, -0.2) is 0 Å². The Labute approximate surface area is 83.0 Å². The van der Waals surface area contributed by atoms with Gasteiger partial charge in [-0.15, -0.1) is 0 Å². The molecule has 0 aromatic carbocycles. The van der Waals surface area contributed by atoms with Crippen molar-refractivity contribution in [3.63, 3.8) is 0 Å². The van der Waals surface area contributed by atoms with Crippen LogP contribution in [-0.2, 0) is 12.8 Å². The Morgan fingerprint density at radius 2 is 1.38 bits per heavy atom. The van der Waals surface area contributed by atoms with Crippen LogP contribution >= 0.6 is 0 Å². The molecule has 1 heteroatoms. The third kappa shape index (κ3) is 1.59. The second kappa shape index (κ2) is 3.32. The van der Waals surface area contributed by atoms with Crippen LogP contribution in [-0.4, -0.2) is 0 Å². The Morgan fingerprint density at radius 1 is 0.923 bits per heavy atom. The average Bonchev–Trinajstić information content (AvgIpc) is 2.78. The third-order valence-corrected chi connectivity index (χ3v) is 6.93. The van der Waals surface area contributed by atoms with E-state index in [-0.39, 0.29) is 0 Å². The molecule has 2 aliphatic rings. The minimum atomic E-state index is -1.09. The van der Waals surface area contributed by atoms with Gasteiger partial charge in [0.25, 0.3) is 0 Å². The van der Waals surface area contributed by atoms with E-state index in [4.69, 9.17) is 0 Å². The maximum absolute atomic E-state index is 2.45. The number of hydrogen-bond acceptors (Lipinski definition) is 0. The molecule has 0 atom stereocenters. The van der Waals surface area contributed by atoms with Crippen molar-refractivity contribution in [3.05, 3.63) is 45.4 Å². The summed E-state index contributed by atoms with van der Waals surface area (Å²) in [5.74, 6) is 4.90. The van der Waals surface area contributed by atoms with Gasteiger partial charge in [-0.1, -0.05) is 0 Å². The Morgan fingerprint density at radius 3 is 1.69 bits per heavy atom. The van der Waals surface area contributed by atoms with Gasteiger partial charge in [0.2, 0.25) is 0 Å². The number of rotatable bonds is 2. The molecule has 13 heavy (non-hydrogen) atoms. The van der Waals surface area contributed by atoms with Crippen molar-refractivity contribution in [3.8, 4) is 0 Å². The molecule has 0 nitrogen and oxygen atoms in total. The quantitative estimate of drug-likeness (QED) is 0.613. The van der Waals surface area contributed by atoms with E-state index in [2.05, 4.69) is 48.1 Å². The fourth-order valence-electron chi connectivity index (χ4n) is 1.63. The van der Waals surface area contributed by atoms with Gasteiger partial charge in [0, 0.05) is 0 Å². The summed E-state index contributed by atoms with van der Waals surface area (Å²) in [6.07, 6.45) is 15.9. The van der Waals surface area contributed by atoms with E-state index in [1.54, 1.807) is 8.94 Å². The molecule has 0 aromatic heterocycles. The molecule has 2 rings (SSSR count). The average molecular weight is 216 g/mol. The van der Waals surface area contributed by atoms with Gasteiger partial charge in [0.1, 0.15) is 0 Å². The third-order valence-electron chi connectivity index (χ3n) is 2.57. The van der Waals surface area contributed by atoms with Crippen LogP contribution in [0.3, 0.4) is 0 Å². The van der Waals surface area contributed by atoms with Gasteiger partial charge < -0.3 is 0 Å². The van der Waals surface area contributed by atoms with Crippen LogP contribution in [0.15, 0.2) is 45.4 Å². The Kier molecular flexibility index (Phi) is 2.31. The fourth-order valence-corrected chi connectivity index (χ4v) is 4.61. The van der Waals surface area contributed by atoms with E-state index in [1.165, 1.54) is 12.8 Å². The SMILES string of the molecule is [CH3][Fe]([CH3])([C]1=CC=CC1)[C]1=CC=CC1. The van der Waals surface area contributed by atoms with Crippen LogP contribution in [0.5, 0.6) is 0 Å². The monoisotopic (exact) mass is 216 g/mol. The van der Waals surface area contributed by atoms with Crippen molar-refractivity contribution in [2.45, 2.75) is 24.5 Å².